The van der Waals surface area contributed by atoms with Crippen LogP contribution in [0.5, 0.6) is 0 Å². The number of aryl methyl sites for hydroxylation is 2. The van der Waals surface area contributed by atoms with Crippen molar-refractivity contribution in [1.82, 2.24) is 9.55 Å². The second kappa shape index (κ2) is 3.49. The van der Waals surface area contributed by atoms with E-state index in [1.807, 2.05) is 13.1 Å². The Balaban J connectivity index is 2.11. The molecule has 4 nitrogen and oxygen atoms in total. The van der Waals surface area contributed by atoms with E-state index in [0.717, 1.165) is 36.7 Å². The maximum absolute atomic E-state index is 5.67. The molecule has 0 saturated heterocycles. The SMILES string of the molecule is Cc1cc2c(o1)CCn1c-2cnc1CCN. The highest BCUT2D eigenvalue weighted by atomic mass is 16.3. The summed E-state index contributed by atoms with van der Waals surface area (Å²) in [5.74, 6) is 3.14. The first kappa shape index (κ1) is 9.66. The molecule has 1 aliphatic rings. The lowest BCUT2D eigenvalue weighted by Crippen LogP contribution is -2.14. The third-order valence-corrected chi connectivity index (χ3v) is 3.08. The van der Waals surface area contributed by atoms with E-state index in [4.69, 9.17) is 10.2 Å². The Labute approximate surface area is 94.1 Å². The van der Waals surface area contributed by atoms with Crippen molar-refractivity contribution < 1.29 is 4.42 Å². The Morgan fingerprint density at radius 1 is 1.56 bits per heavy atom. The van der Waals surface area contributed by atoms with Crippen molar-refractivity contribution in [1.29, 1.82) is 0 Å². The molecule has 2 N–H and O–H groups in total. The molecule has 3 rings (SSSR count). The molecule has 16 heavy (non-hydrogen) atoms. The minimum atomic E-state index is 0.647. The normalized spacial score (nSPS) is 13.6. The summed E-state index contributed by atoms with van der Waals surface area (Å²) in [5.41, 5.74) is 7.94. The largest absolute Gasteiger partial charge is 0.466 e. The fourth-order valence-electron chi connectivity index (χ4n) is 2.39. The third-order valence-electron chi connectivity index (χ3n) is 3.08. The highest BCUT2D eigenvalue weighted by molar-refractivity contribution is 5.64. The molecule has 4 heteroatoms. The highest BCUT2D eigenvalue weighted by Crippen LogP contribution is 2.32. The van der Waals surface area contributed by atoms with Crippen molar-refractivity contribution in [3.05, 3.63) is 29.6 Å². The van der Waals surface area contributed by atoms with Crippen LogP contribution in [0.4, 0.5) is 0 Å². The van der Waals surface area contributed by atoms with E-state index in [0.29, 0.717) is 6.54 Å². The Morgan fingerprint density at radius 3 is 3.25 bits per heavy atom. The van der Waals surface area contributed by atoms with Gasteiger partial charge in [-0.15, -0.1) is 0 Å². The molecular formula is C12H15N3O. The van der Waals surface area contributed by atoms with Gasteiger partial charge in [0.1, 0.15) is 17.3 Å². The van der Waals surface area contributed by atoms with Crippen LogP contribution < -0.4 is 5.73 Å². The zero-order valence-electron chi connectivity index (χ0n) is 9.36. The fourth-order valence-corrected chi connectivity index (χ4v) is 2.39. The molecule has 0 fully saturated rings. The van der Waals surface area contributed by atoms with E-state index < -0.39 is 0 Å². The molecular weight excluding hydrogens is 202 g/mol. The van der Waals surface area contributed by atoms with Gasteiger partial charge in [0.05, 0.1) is 11.9 Å². The Hall–Kier alpha value is -1.55. The number of nitrogens with zero attached hydrogens (tertiary/aromatic N) is 2. The summed E-state index contributed by atoms with van der Waals surface area (Å²) in [6, 6.07) is 2.09. The molecule has 0 saturated carbocycles. The first-order valence-corrected chi connectivity index (χ1v) is 5.63. The molecule has 0 atom stereocenters. The molecule has 2 aromatic rings. The lowest BCUT2D eigenvalue weighted by atomic mass is 10.1. The predicted molar refractivity (Wildman–Crippen MR) is 61.1 cm³/mol. The average Bonchev–Trinajstić information content (AvgIpc) is 2.81. The van der Waals surface area contributed by atoms with Crippen molar-refractivity contribution in [3.63, 3.8) is 0 Å². The number of imidazole rings is 1. The summed E-state index contributed by atoms with van der Waals surface area (Å²) in [6.45, 7) is 3.58. The molecule has 0 bridgehead atoms. The molecule has 0 radical (unpaired) electrons. The molecule has 3 heterocycles. The number of furan rings is 1. The topological polar surface area (TPSA) is 57.0 Å². The van der Waals surface area contributed by atoms with E-state index in [1.165, 1.54) is 11.3 Å². The van der Waals surface area contributed by atoms with Gasteiger partial charge in [0.15, 0.2) is 0 Å². The van der Waals surface area contributed by atoms with E-state index in [9.17, 15) is 0 Å². The minimum Gasteiger partial charge on any atom is -0.466 e. The van der Waals surface area contributed by atoms with Crippen LogP contribution in [0.25, 0.3) is 11.3 Å². The number of aromatic nitrogens is 2. The van der Waals surface area contributed by atoms with Gasteiger partial charge in [0.25, 0.3) is 0 Å². The van der Waals surface area contributed by atoms with Gasteiger partial charge >= 0.3 is 0 Å². The lowest BCUT2D eigenvalue weighted by Gasteiger charge is -2.15. The maximum Gasteiger partial charge on any atom is 0.115 e. The van der Waals surface area contributed by atoms with Crippen LogP contribution in [0.15, 0.2) is 16.7 Å². The monoisotopic (exact) mass is 217 g/mol. The van der Waals surface area contributed by atoms with Crippen LogP contribution in [0, 0.1) is 6.92 Å². The van der Waals surface area contributed by atoms with E-state index in [1.54, 1.807) is 0 Å². The average molecular weight is 217 g/mol. The number of fused-ring (bicyclic) bond motifs is 3. The van der Waals surface area contributed by atoms with Gasteiger partial charge < -0.3 is 14.7 Å². The molecule has 0 aromatic carbocycles. The number of rotatable bonds is 2. The highest BCUT2D eigenvalue weighted by Gasteiger charge is 2.22. The lowest BCUT2D eigenvalue weighted by molar-refractivity contribution is 0.461. The standard InChI is InChI=1S/C12H15N3O/c1-8-6-9-10-7-14-12(2-4-13)15(10)5-3-11(9)16-8/h6-7H,2-5,13H2,1H3. The summed E-state index contributed by atoms with van der Waals surface area (Å²) < 4.78 is 7.92. The predicted octanol–water partition coefficient (Wildman–Crippen LogP) is 1.51. The summed E-state index contributed by atoms with van der Waals surface area (Å²) >= 11 is 0. The van der Waals surface area contributed by atoms with Crippen LogP contribution in [-0.2, 0) is 19.4 Å². The second-order valence-corrected chi connectivity index (χ2v) is 4.19. The Morgan fingerprint density at radius 2 is 2.44 bits per heavy atom. The van der Waals surface area contributed by atoms with Crippen LogP contribution in [0.2, 0.25) is 0 Å². The number of hydrogen-bond donors (Lipinski definition) is 1. The van der Waals surface area contributed by atoms with E-state index in [2.05, 4.69) is 15.6 Å². The van der Waals surface area contributed by atoms with Crippen molar-refractivity contribution in [3.8, 4) is 11.3 Å². The molecule has 1 aliphatic heterocycles. The molecule has 84 valence electrons. The first-order valence-electron chi connectivity index (χ1n) is 5.63. The van der Waals surface area contributed by atoms with Crippen molar-refractivity contribution in [2.45, 2.75) is 26.3 Å². The van der Waals surface area contributed by atoms with Gasteiger partial charge in [0.2, 0.25) is 0 Å². The molecule has 0 amide bonds. The minimum absolute atomic E-state index is 0.647. The van der Waals surface area contributed by atoms with Gasteiger partial charge in [-0.05, 0) is 19.5 Å². The van der Waals surface area contributed by atoms with E-state index >= 15 is 0 Å². The molecule has 0 spiro atoms. The van der Waals surface area contributed by atoms with Crippen molar-refractivity contribution in [2.24, 2.45) is 5.73 Å². The molecule has 2 aromatic heterocycles. The van der Waals surface area contributed by atoms with Crippen molar-refractivity contribution in [2.75, 3.05) is 6.54 Å². The second-order valence-electron chi connectivity index (χ2n) is 4.19. The van der Waals surface area contributed by atoms with Crippen LogP contribution in [-0.4, -0.2) is 16.1 Å². The van der Waals surface area contributed by atoms with Gasteiger partial charge in [-0.25, -0.2) is 4.98 Å². The van der Waals surface area contributed by atoms with E-state index in [-0.39, 0.29) is 0 Å². The van der Waals surface area contributed by atoms with Crippen LogP contribution in [0.1, 0.15) is 17.3 Å². The van der Waals surface area contributed by atoms with Gasteiger partial charge in [-0.1, -0.05) is 0 Å². The Kier molecular flexibility index (Phi) is 2.11. The smallest absolute Gasteiger partial charge is 0.115 e. The fraction of sp³-hybridized carbons (Fsp3) is 0.417. The molecule has 0 aliphatic carbocycles. The third kappa shape index (κ3) is 1.30. The number of hydrogen-bond acceptors (Lipinski definition) is 3. The van der Waals surface area contributed by atoms with Crippen LogP contribution >= 0.6 is 0 Å². The Bertz CT molecular complexity index is 524. The van der Waals surface area contributed by atoms with Crippen molar-refractivity contribution >= 4 is 0 Å². The zero-order valence-corrected chi connectivity index (χ0v) is 9.36. The summed E-state index contributed by atoms with van der Waals surface area (Å²) in [5, 5.41) is 0. The van der Waals surface area contributed by atoms with Gasteiger partial charge in [-0.3, -0.25) is 0 Å². The summed E-state index contributed by atoms with van der Waals surface area (Å²) in [6.07, 6.45) is 3.72. The quantitative estimate of drug-likeness (QED) is 0.829. The van der Waals surface area contributed by atoms with Crippen LogP contribution in [0.3, 0.4) is 0 Å². The maximum atomic E-state index is 5.67. The zero-order chi connectivity index (χ0) is 11.1. The van der Waals surface area contributed by atoms with Gasteiger partial charge in [0, 0.05) is 24.9 Å². The summed E-state index contributed by atoms with van der Waals surface area (Å²) in [4.78, 5) is 4.44. The molecule has 0 unspecified atom stereocenters. The number of nitrogens with two attached hydrogens (primary N) is 1. The van der Waals surface area contributed by atoms with Gasteiger partial charge in [-0.2, -0.15) is 0 Å². The first-order chi connectivity index (χ1) is 7.79. The summed E-state index contributed by atoms with van der Waals surface area (Å²) in [7, 11) is 0.